The number of aryl methyl sites for hydroxylation is 2. The lowest BCUT2D eigenvalue weighted by atomic mass is 9.99. The minimum absolute atomic E-state index is 0.0408. The Morgan fingerprint density at radius 2 is 1.78 bits per heavy atom. The second kappa shape index (κ2) is 5.66. The Bertz CT molecular complexity index is 531. The van der Waals surface area contributed by atoms with Gasteiger partial charge >= 0.3 is 0 Å². The van der Waals surface area contributed by atoms with Gasteiger partial charge in [0.05, 0.1) is 4.83 Å². The summed E-state index contributed by atoms with van der Waals surface area (Å²) in [5.74, 6) is -0.190. The molecule has 0 radical (unpaired) electrons. The van der Waals surface area contributed by atoms with E-state index in [1.807, 2.05) is 13.0 Å². The summed E-state index contributed by atoms with van der Waals surface area (Å²) < 4.78 is 13.3. The number of alkyl halides is 1. The number of halogens is 2. The van der Waals surface area contributed by atoms with E-state index in [-0.39, 0.29) is 10.6 Å². The van der Waals surface area contributed by atoms with Gasteiger partial charge in [-0.1, -0.05) is 53.2 Å². The van der Waals surface area contributed by atoms with Crippen molar-refractivity contribution in [2.75, 3.05) is 0 Å². The van der Waals surface area contributed by atoms with Gasteiger partial charge in [0.2, 0.25) is 0 Å². The van der Waals surface area contributed by atoms with E-state index >= 15 is 0 Å². The summed E-state index contributed by atoms with van der Waals surface area (Å²) in [4.78, 5) is 0.0408. The molecule has 0 fully saturated rings. The molecule has 0 amide bonds. The van der Waals surface area contributed by atoms with Gasteiger partial charge in [-0.25, -0.2) is 4.39 Å². The quantitative estimate of drug-likeness (QED) is 0.685. The zero-order valence-electron chi connectivity index (χ0n) is 10.6. The predicted octanol–water partition coefficient (Wildman–Crippen LogP) is 5.18. The van der Waals surface area contributed by atoms with Crippen LogP contribution in [0.5, 0.6) is 0 Å². The Labute approximate surface area is 116 Å². The third-order valence-corrected chi connectivity index (χ3v) is 4.22. The molecular weight excluding hydrogens is 291 g/mol. The minimum atomic E-state index is -0.190. The Morgan fingerprint density at radius 3 is 2.39 bits per heavy atom. The normalized spacial score (nSPS) is 12.4. The monoisotopic (exact) mass is 306 g/mol. The van der Waals surface area contributed by atoms with Crippen LogP contribution in [0.15, 0.2) is 42.5 Å². The van der Waals surface area contributed by atoms with Gasteiger partial charge < -0.3 is 0 Å². The summed E-state index contributed by atoms with van der Waals surface area (Å²) in [7, 11) is 0. The van der Waals surface area contributed by atoms with Gasteiger partial charge in [-0.2, -0.15) is 0 Å². The molecule has 1 atom stereocenters. The number of rotatable bonds is 3. The summed E-state index contributed by atoms with van der Waals surface area (Å²) in [5.41, 5.74) is 4.55. The van der Waals surface area contributed by atoms with Crippen molar-refractivity contribution in [2.24, 2.45) is 0 Å². The van der Waals surface area contributed by atoms with Crippen molar-refractivity contribution in [2.45, 2.75) is 25.1 Å². The molecule has 2 rings (SSSR count). The van der Waals surface area contributed by atoms with Gasteiger partial charge in [0.25, 0.3) is 0 Å². The molecule has 0 N–H and O–H groups in total. The van der Waals surface area contributed by atoms with Crippen molar-refractivity contribution in [3.05, 3.63) is 70.5 Å². The molecule has 0 saturated heterocycles. The molecule has 0 aromatic heterocycles. The topological polar surface area (TPSA) is 0 Å². The van der Waals surface area contributed by atoms with E-state index in [1.165, 1.54) is 11.6 Å². The third kappa shape index (κ3) is 2.81. The molecule has 0 heterocycles. The van der Waals surface area contributed by atoms with Crippen molar-refractivity contribution in [3.63, 3.8) is 0 Å². The maximum Gasteiger partial charge on any atom is 0.123 e. The average Bonchev–Trinajstić information content (AvgIpc) is 2.41. The molecule has 0 aliphatic heterocycles. The lowest BCUT2D eigenvalue weighted by Crippen LogP contribution is -1.97. The first-order chi connectivity index (χ1) is 8.61. The Hall–Kier alpha value is -1.15. The Morgan fingerprint density at radius 1 is 1.11 bits per heavy atom. The van der Waals surface area contributed by atoms with Gasteiger partial charge in [0.15, 0.2) is 0 Å². The van der Waals surface area contributed by atoms with Crippen LogP contribution in [0.4, 0.5) is 4.39 Å². The molecule has 0 aliphatic carbocycles. The largest absolute Gasteiger partial charge is 0.207 e. The fourth-order valence-corrected chi connectivity index (χ4v) is 2.78. The molecule has 0 nitrogen and oxygen atoms in total. The maximum absolute atomic E-state index is 13.3. The molecule has 2 aromatic carbocycles. The molecule has 0 saturated carbocycles. The van der Waals surface area contributed by atoms with Crippen LogP contribution in [-0.2, 0) is 6.42 Å². The maximum atomic E-state index is 13.3. The van der Waals surface area contributed by atoms with Crippen LogP contribution in [0.25, 0.3) is 0 Å². The lowest BCUT2D eigenvalue weighted by Gasteiger charge is -2.14. The Kier molecular flexibility index (Phi) is 4.18. The highest BCUT2D eigenvalue weighted by Crippen LogP contribution is 2.33. The van der Waals surface area contributed by atoms with Gasteiger partial charge in [-0.15, -0.1) is 0 Å². The second-order valence-corrected chi connectivity index (χ2v) is 5.37. The van der Waals surface area contributed by atoms with Crippen molar-refractivity contribution in [1.29, 1.82) is 0 Å². The molecule has 0 spiro atoms. The van der Waals surface area contributed by atoms with E-state index in [1.54, 1.807) is 6.07 Å². The summed E-state index contributed by atoms with van der Waals surface area (Å²) in [6.45, 7) is 4.14. The smallest absolute Gasteiger partial charge is 0.123 e. The summed E-state index contributed by atoms with van der Waals surface area (Å²) in [6.07, 6.45) is 1.03. The molecule has 2 heteroatoms. The van der Waals surface area contributed by atoms with Crippen molar-refractivity contribution >= 4 is 15.9 Å². The van der Waals surface area contributed by atoms with Crippen LogP contribution in [-0.4, -0.2) is 0 Å². The SMILES string of the molecule is CCc1ccc(C(Br)c2cc(F)ccc2C)cc1. The van der Waals surface area contributed by atoms with Crippen LogP contribution < -0.4 is 0 Å². The number of hydrogen-bond acceptors (Lipinski definition) is 0. The van der Waals surface area contributed by atoms with Crippen molar-refractivity contribution in [1.82, 2.24) is 0 Å². The van der Waals surface area contributed by atoms with E-state index in [9.17, 15) is 4.39 Å². The fraction of sp³-hybridized carbons (Fsp3) is 0.250. The average molecular weight is 307 g/mol. The molecule has 0 bridgehead atoms. The third-order valence-electron chi connectivity index (χ3n) is 3.19. The zero-order chi connectivity index (χ0) is 13.1. The zero-order valence-corrected chi connectivity index (χ0v) is 12.2. The van der Waals surface area contributed by atoms with Crippen LogP contribution in [0.2, 0.25) is 0 Å². The summed E-state index contributed by atoms with van der Waals surface area (Å²) in [5, 5.41) is 0. The highest BCUT2D eigenvalue weighted by molar-refractivity contribution is 9.09. The van der Waals surface area contributed by atoms with Gasteiger partial charge in [0, 0.05) is 0 Å². The first-order valence-corrected chi connectivity index (χ1v) is 7.02. The van der Waals surface area contributed by atoms with E-state index < -0.39 is 0 Å². The van der Waals surface area contributed by atoms with Crippen LogP contribution in [0.3, 0.4) is 0 Å². The Balaban J connectivity index is 2.34. The molecule has 1 unspecified atom stereocenters. The summed E-state index contributed by atoms with van der Waals surface area (Å²) >= 11 is 3.66. The second-order valence-electron chi connectivity index (χ2n) is 4.46. The van der Waals surface area contributed by atoms with E-state index in [4.69, 9.17) is 0 Å². The number of hydrogen-bond donors (Lipinski definition) is 0. The van der Waals surface area contributed by atoms with Crippen molar-refractivity contribution < 1.29 is 4.39 Å². The standard InChI is InChI=1S/C16H16BrF/c1-3-12-5-7-13(8-6-12)16(17)15-10-14(18)9-4-11(15)2/h4-10,16H,3H2,1-2H3. The lowest BCUT2D eigenvalue weighted by molar-refractivity contribution is 0.625. The minimum Gasteiger partial charge on any atom is -0.207 e. The van der Waals surface area contributed by atoms with Gasteiger partial charge in [-0.05, 0) is 47.7 Å². The van der Waals surface area contributed by atoms with E-state index in [0.717, 1.165) is 23.1 Å². The molecule has 18 heavy (non-hydrogen) atoms. The predicted molar refractivity (Wildman–Crippen MR) is 77.7 cm³/mol. The van der Waals surface area contributed by atoms with E-state index in [2.05, 4.69) is 47.1 Å². The summed E-state index contributed by atoms with van der Waals surface area (Å²) in [6, 6.07) is 13.4. The molecule has 0 aliphatic rings. The first kappa shape index (κ1) is 13.3. The highest BCUT2D eigenvalue weighted by Gasteiger charge is 2.13. The molecule has 94 valence electrons. The van der Waals surface area contributed by atoms with Crippen LogP contribution in [0, 0.1) is 12.7 Å². The first-order valence-electron chi connectivity index (χ1n) is 6.10. The number of benzene rings is 2. The van der Waals surface area contributed by atoms with Gasteiger partial charge in [-0.3, -0.25) is 0 Å². The van der Waals surface area contributed by atoms with E-state index in [0.29, 0.717) is 0 Å². The molecule has 2 aromatic rings. The fourth-order valence-electron chi connectivity index (χ4n) is 1.99. The van der Waals surface area contributed by atoms with Crippen LogP contribution in [0.1, 0.15) is 34.0 Å². The van der Waals surface area contributed by atoms with Crippen LogP contribution >= 0.6 is 15.9 Å². The molecular formula is C16H16BrF. The van der Waals surface area contributed by atoms with Crippen molar-refractivity contribution in [3.8, 4) is 0 Å². The highest BCUT2D eigenvalue weighted by atomic mass is 79.9. The van der Waals surface area contributed by atoms with Gasteiger partial charge in [0.1, 0.15) is 5.82 Å².